The number of Topliss-reactive ketones (excluding diaryl/α,β-unsaturated/α-hetero) is 2. The van der Waals surface area contributed by atoms with Crippen LogP contribution in [-0.4, -0.2) is 74.6 Å². The van der Waals surface area contributed by atoms with E-state index in [-0.39, 0.29) is 22.9 Å². The molecule has 1 amide bonds. The Morgan fingerprint density at radius 3 is 2.26 bits per heavy atom. The van der Waals surface area contributed by atoms with Crippen LogP contribution in [0.15, 0.2) is 59.4 Å². The predicted molar refractivity (Wildman–Crippen MR) is 173 cm³/mol. The molecule has 0 unspecified atom stereocenters. The molecule has 0 saturated heterocycles. The van der Waals surface area contributed by atoms with Crippen LogP contribution in [0.25, 0.3) is 5.76 Å². The van der Waals surface area contributed by atoms with Crippen molar-refractivity contribution in [3.8, 4) is 5.75 Å². The van der Waals surface area contributed by atoms with Gasteiger partial charge in [-0.2, -0.15) is 0 Å². The second kappa shape index (κ2) is 11.6. The maximum atomic E-state index is 14.3. The predicted octanol–water partition coefficient (Wildman–Crippen LogP) is 3.98. The number of aliphatic hydroxyl groups excluding tert-OH is 2. The Bertz CT molecular complexity index is 1660. The maximum absolute atomic E-state index is 14.3. The summed E-state index contributed by atoms with van der Waals surface area (Å²) in [7, 11) is 3.18. The van der Waals surface area contributed by atoms with E-state index in [1.54, 1.807) is 27.1 Å². The molecule has 2 fully saturated rings. The highest BCUT2D eigenvalue weighted by atomic mass is 16.3. The van der Waals surface area contributed by atoms with E-state index in [4.69, 9.17) is 5.73 Å². The van der Waals surface area contributed by atoms with Crippen LogP contribution in [0.3, 0.4) is 0 Å². The molecular formula is C36H43N3O7. The number of primary amides is 1. The smallest absolute Gasteiger partial charge is 0.255 e. The van der Waals surface area contributed by atoms with Gasteiger partial charge < -0.3 is 31.5 Å². The number of hydrogen-bond acceptors (Lipinski definition) is 9. The number of nitrogens with two attached hydrogens (primary N) is 1. The zero-order valence-electron chi connectivity index (χ0n) is 26.7. The molecule has 10 heteroatoms. The highest BCUT2D eigenvalue weighted by Crippen LogP contribution is 2.58. The molecular weight excluding hydrogens is 586 g/mol. The van der Waals surface area contributed by atoms with Gasteiger partial charge in [-0.3, -0.25) is 19.3 Å². The second-order valence-corrected chi connectivity index (χ2v) is 13.9. The van der Waals surface area contributed by atoms with Gasteiger partial charge in [-0.25, -0.2) is 0 Å². The number of phenolic OH excluding ortho intramolecular Hbond substituents is 1. The first kappa shape index (κ1) is 31.8. The number of aliphatic hydroxyl groups is 3. The van der Waals surface area contributed by atoms with Gasteiger partial charge in [0.1, 0.15) is 22.8 Å². The molecule has 244 valence electrons. The largest absolute Gasteiger partial charge is 0.508 e. The number of ketones is 2. The lowest BCUT2D eigenvalue weighted by Gasteiger charge is -2.54. The molecule has 2 aromatic rings. The number of nitrogens with one attached hydrogen (secondary N) is 1. The van der Waals surface area contributed by atoms with Crippen LogP contribution in [0.4, 0.5) is 5.69 Å². The molecule has 2 aromatic carbocycles. The number of fused-ring (bicyclic) bond motifs is 3. The molecule has 10 nitrogen and oxygen atoms in total. The summed E-state index contributed by atoms with van der Waals surface area (Å²) in [5.74, 6) is -7.05. The zero-order valence-corrected chi connectivity index (χ0v) is 26.7. The molecule has 46 heavy (non-hydrogen) atoms. The van der Waals surface area contributed by atoms with E-state index in [1.807, 2.05) is 19.1 Å². The Morgan fingerprint density at radius 1 is 1.00 bits per heavy atom. The molecule has 0 aromatic heterocycles. The van der Waals surface area contributed by atoms with E-state index < -0.39 is 69.9 Å². The van der Waals surface area contributed by atoms with Crippen LogP contribution < -0.4 is 11.1 Å². The molecule has 0 aliphatic heterocycles. The summed E-state index contributed by atoms with van der Waals surface area (Å²) in [6.07, 6.45) is 4.96. The van der Waals surface area contributed by atoms with Crippen molar-refractivity contribution in [3.05, 3.63) is 76.1 Å². The van der Waals surface area contributed by atoms with Crippen molar-refractivity contribution in [1.82, 2.24) is 4.90 Å². The van der Waals surface area contributed by atoms with Crippen molar-refractivity contribution in [2.24, 2.45) is 29.4 Å². The molecule has 2 saturated carbocycles. The summed E-state index contributed by atoms with van der Waals surface area (Å²) < 4.78 is 0. The van der Waals surface area contributed by atoms with Crippen molar-refractivity contribution in [1.29, 1.82) is 0 Å². The molecule has 0 spiro atoms. The average molecular weight is 630 g/mol. The van der Waals surface area contributed by atoms with E-state index in [0.29, 0.717) is 17.2 Å². The molecule has 0 bridgehead atoms. The van der Waals surface area contributed by atoms with Gasteiger partial charge in [0, 0.05) is 23.5 Å². The second-order valence-electron chi connectivity index (χ2n) is 13.9. The average Bonchev–Trinajstić information content (AvgIpc) is 3.01. The van der Waals surface area contributed by atoms with Gasteiger partial charge in [-0.05, 0) is 81.1 Å². The van der Waals surface area contributed by atoms with Crippen molar-refractivity contribution in [2.45, 2.75) is 69.6 Å². The fourth-order valence-corrected chi connectivity index (χ4v) is 8.90. The highest BCUT2D eigenvalue weighted by molar-refractivity contribution is 6.24. The van der Waals surface area contributed by atoms with E-state index in [1.165, 1.54) is 10.5 Å². The Hall–Kier alpha value is -4.15. The fourth-order valence-electron chi connectivity index (χ4n) is 8.90. The van der Waals surface area contributed by atoms with Crippen LogP contribution in [0.5, 0.6) is 5.75 Å². The number of anilines is 1. The van der Waals surface area contributed by atoms with E-state index in [2.05, 4.69) is 29.6 Å². The quantitative estimate of drug-likeness (QED) is 0.204. The van der Waals surface area contributed by atoms with Gasteiger partial charge in [0.2, 0.25) is 5.78 Å². The number of nitrogens with zero attached hydrogens (tertiary/aromatic N) is 1. The van der Waals surface area contributed by atoms with E-state index >= 15 is 0 Å². The first-order valence-corrected chi connectivity index (χ1v) is 16.1. The molecule has 4 aliphatic rings. The number of hydrogen-bond donors (Lipinski definition) is 6. The van der Waals surface area contributed by atoms with Crippen LogP contribution in [0.1, 0.15) is 62.1 Å². The summed E-state index contributed by atoms with van der Waals surface area (Å²) in [4.78, 5) is 41.6. The lowest BCUT2D eigenvalue weighted by Crippen LogP contribution is -2.68. The molecule has 7 N–H and O–H groups in total. The highest BCUT2D eigenvalue weighted by Gasteiger charge is 2.67. The minimum Gasteiger partial charge on any atom is -0.508 e. The third-order valence-corrected chi connectivity index (χ3v) is 11.1. The Morgan fingerprint density at radius 2 is 1.65 bits per heavy atom. The van der Waals surface area contributed by atoms with Crippen molar-refractivity contribution in [3.63, 3.8) is 0 Å². The first-order chi connectivity index (χ1) is 21.8. The number of phenols is 1. The Kier molecular flexibility index (Phi) is 8.01. The van der Waals surface area contributed by atoms with Gasteiger partial charge in [-0.1, -0.05) is 50.2 Å². The molecule has 4 aliphatic carbocycles. The monoisotopic (exact) mass is 629 g/mol. The van der Waals surface area contributed by atoms with Crippen LogP contribution >= 0.6 is 0 Å². The number of likely N-dealkylation sites (N-methyl/N-ethyl adjacent to an activating group) is 1. The normalized spacial score (nSPS) is 32.6. The number of carbonyl (C=O) groups excluding carboxylic acids is 3. The Labute approximate surface area is 268 Å². The van der Waals surface area contributed by atoms with Crippen LogP contribution in [0, 0.1) is 23.7 Å². The van der Waals surface area contributed by atoms with E-state index in [0.717, 1.165) is 32.1 Å². The fraction of sp³-hybridized carbons (Fsp3) is 0.472. The third kappa shape index (κ3) is 4.72. The topological polar surface area (TPSA) is 173 Å². The lowest BCUT2D eigenvalue weighted by molar-refractivity contribution is -0.160. The number of benzene rings is 2. The number of carbonyl (C=O) groups is 3. The van der Waals surface area contributed by atoms with Crippen molar-refractivity contribution in [2.75, 3.05) is 19.4 Å². The standard InChI is InChI=1S/C36H43N3O7/c1-17-22-14-15-23(38-21-12-10-20(11-13-21)16-19-8-6-5-7-9-19)30(40)25(22)31(41)26-24(17)18(2)28-29(39(3)4)32(42)27(35(37)45)34(44)36(28,46)33(26)43/h5-9,14-15,17-18,20-21,24,28-29,38,40-41,44,46H,10-13,16H2,1-4H3,(H2,37,45)/t17-,18-,20?,21?,24-,28-,29-,36-/m0/s1. The van der Waals surface area contributed by atoms with E-state index in [9.17, 15) is 34.8 Å². The van der Waals surface area contributed by atoms with Gasteiger partial charge in [0.25, 0.3) is 5.91 Å². The minimum atomic E-state index is -2.69. The molecule has 6 atom stereocenters. The number of aromatic hydroxyl groups is 1. The van der Waals surface area contributed by atoms with Gasteiger partial charge in [0.15, 0.2) is 11.4 Å². The summed E-state index contributed by atoms with van der Waals surface area (Å²) in [6, 6.07) is 13.1. The summed E-state index contributed by atoms with van der Waals surface area (Å²) >= 11 is 0. The SMILES string of the molecule is C[C@H]1[C@H]2C(=C(O)c3c(ccc(NC4CCC(Cc5ccccc5)CC4)c3O)[C@@H]2C)C(=O)[C@]2(O)C(O)=C(C(N)=O)C(=O)[C@@H](N(C)C)[C@H]12. The molecule has 6 rings (SSSR count). The van der Waals surface area contributed by atoms with Crippen molar-refractivity contribution < 1.29 is 34.8 Å². The van der Waals surface area contributed by atoms with Gasteiger partial charge in [-0.15, -0.1) is 0 Å². The van der Waals surface area contributed by atoms with Crippen LogP contribution in [0.2, 0.25) is 0 Å². The zero-order chi connectivity index (χ0) is 33.2. The number of amides is 1. The number of rotatable bonds is 6. The molecule has 0 radical (unpaired) electrons. The van der Waals surface area contributed by atoms with Gasteiger partial charge in [0.05, 0.1) is 17.3 Å². The third-order valence-electron chi connectivity index (χ3n) is 11.1. The first-order valence-electron chi connectivity index (χ1n) is 16.1. The molecule has 0 heterocycles. The summed E-state index contributed by atoms with van der Waals surface area (Å²) in [5.41, 5.74) is 4.28. The minimum absolute atomic E-state index is 0.0961. The Balaban J connectivity index is 1.34. The maximum Gasteiger partial charge on any atom is 0.255 e. The van der Waals surface area contributed by atoms with Crippen molar-refractivity contribution >= 4 is 28.9 Å². The summed E-state index contributed by atoms with van der Waals surface area (Å²) in [5, 5.41) is 50.0. The van der Waals surface area contributed by atoms with Crippen LogP contribution in [-0.2, 0) is 20.8 Å². The van der Waals surface area contributed by atoms with Gasteiger partial charge >= 0.3 is 0 Å². The summed E-state index contributed by atoms with van der Waals surface area (Å²) in [6.45, 7) is 3.64. The lowest BCUT2D eigenvalue weighted by atomic mass is 9.51.